The standard InChI is InChI=1S/C14H21N3O3/c1-20-12-5-6-13(14(11-12)17(18)19)15-7-10-16-8-3-2-4-9-16/h5-6,11,15H,2-4,7-10H2,1H3. The van der Waals surface area contributed by atoms with E-state index in [-0.39, 0.29) is 10.6 Å². The summed E-state index contributed by atoms with van der Waals surface area (Å²) < 4.78 is 5.02. The number of nitrogens with zero attached hydrogens (tertiary/aromatic N) is 2. The smallest absolute Gasteiger partial charge is 0.296 e. The minimum Gasteiger partial charge on any atom is -0.496 e. The molecule has 1 aromatic rings. The molecule has 1 saturated heterocycles. The van der Waals surface area contributed by atoms with Crippen LogP contribution in [0.1, 0.15) is 19.3 Å². The molecule has 0 amide bonds. The van der Waals surface area contributed by atoms with Crippen molar-refractivity contribution in [1.29, 1.82) is 0 Å². The zero-order chi connectivity index (χ0) is 14.4. The van der Waals surface area contributed by atoms with Gasteiger partial charge in [-0.3, -0.25) is 10.1 Å². The lowest BCUT2D eigenvalue weighted by Gasteiger charge is -2.26. The van der Waals surface area contributed by atoms with Crippen LogP contribution >= 0.6 is 0 Å². The normalized spacial score (nSPS) is 15.8. The molecule has 1 N–H and O–H groups in total. The number of ether oxygens (including phenoxy) is 1. The first-order chi connectivity index (χ1) is 9.70. The van der Waals surface area contributed by atoms with Crippen molar-refractivity contribution < 1.29 is 9.66 Å². The number of hydrogen-bond donors (Lipinski definition) is 1. The van der Waals surface area contributed by atoms with Gasteiger partial charge in [-0.05, 0) is 38.1 Å². The van der Waals surface area contributed by atoms with Gasteiger partial charge in [0.25, 0.3) is 5.69 Å². The number of benzene rings is 1. The van der Waals surface area contributed by atoms with Crippen molar-refractivity contribution in [3.8, 4) is 5.75 Å². The average Bonchev–Trinajstić information content (AvgIpc) is 2.48. The second-order valence-electron chi connectivity index (χ2n) is 4.97. The van der Waals surface area contributed by atoms with E-state index in [0.29, 0.717) is 18.0 Å². The minimum absolute atomic E-state index is 0.0583. The molecule has 1 aromatic carbocycles. The Morgan fingerprint density at radius 2 is 2.10 bits per heavy atom. The largest absolute Gasteiger partial charge is 0.496 e. The summed E-state index contributed by atoms with van der Waals surface area (Å²) in [4.78, 5) is 13.1. The van der Waals surface area contributed by atoms with Crippen molar-refractivity contribution in [3.05, 3.63) is 28.3 Å². The molecule has 0 bridgehead atoms. The molecular formula is C14H21N3O3. The predicted octanol–water partition coefficient (Wildman–Crippen LogP) is 2.50. The Morgan fingerprint density at radius 1 is 1.35 bits per heavy atom. The first-order valence-corrected chi connectivity index (χ1v) is 6.99. The molecule has 0 unspecified atom stereocenters. The fourth-order valence-corrected chi connectivity index (χ4v) is 2.47. The van der Waals surface area contributed by atoms with Crippen LogP contribution in [0, 0.1) is 10.1 Å². The van der Waals surface area contributed by atoms with Gasteiger partial charge in [-0.2, -0.15) is 0 Å². The zero-order valence-electron chi connectivity index (χ0n) is 11.8. The van der Waals surface area contributed by atoms with Gasteiger partial charge in [-0.25, -0.2) is 0 Å². The van der Waals surface area contributed by atoms with Crippen LogP contribution in [0.2, 0.25) is 0 Å². The van der Waals surface area contributed by atoms with Gasteiger partial charge >= 0.3 is 0 Å². The maximum absolute atomic E-state index is 11.1. The van der Waals surface area contributed by atoms with Crippen molar-refractivity contribution in [1.82, 2.24) is 4.90 Å². The highest BCUT2D eigenvalue weighted by Gasteiger charge is 2.15. The molecule has 1 aliphatic heterocycles. The van der Waals surface area contributed by atoms with E-state index in [1.807, 2.05) is 0 Å². The summed E-state index contributed by atoms with van der Waals surface area (Å²) in [6, 6.07) is 4.88. The highest BCUT2D eigenvalue weighted by atomic mass is 16.6. The van der Waals surface area contributed by atoms with Gasteiger partial charge in [0.05, 0.1) is 18.1 Å². The molecule has 1 fully saturated rings. The third-order valence-corrected chi connectivity index (χ3v) is 3.59. The number of methoxy groups -OCH3 is 1. The molecule has 20 heavy (non-hydrogen) atoms. The molecule has 1 aliphatic rings. The minimum atomic E-state index is -0.383. The second kappa shape index (κ2) is 7.09. The van der Waals surface area contributed by atoms with E-state index in [4.69, 9.17) is 4.74 Å². The average molecular weight is 279 g/mol. The molecule has 1 heterocycles. The summed E-state index contributed by atoms with van der Waals surface area (Å²) in [5.74, 6) is 0.498. The number of likely N-dealkylation sites (tertiary alicyclic amines) is 1. The molecule has 0 aliphatic carbocycles. The van der Waals surface area contributed by atoms with E-state index >= 15 is 0 Å². The van der Waals surface area contributed by atoms with Crippen LogP contribution < -0.4 is 10.1 Å². The molecule has 6 heteroatoms. The highest BCUT2D eigenvalue weighted by Crippen LogP contribution is 2.28. The number of nitro benzene ring substituents is 1. The Hall–Kier alpha value is -1.82. The van der Waals surface area contributed by atoms with Crippen LogP contribution in [-0.4, -0.2) is 43.1 Å². The molecule has 6 nitrogen and oxygen atoms in total. The summed E-state index contributed by atoms with van der Waals surface area (Å²) in [6.07, 6.45) is 3.82. The molecule has 0 spiro atoms. The van der Waals surface area contributed by atoms with E-state index in [9.17, 15) is 10.1 Å². The SMILES string of the molecule is COc1ccc(NCCN2CCCCC2)c([N+](=O)[O-])c1. The molecule has 0 aromatic heterocycles. The second-order valence-corrected chi connectivity index (χ2v) is 4.97. The zero-order valence-corrected chi connectivity index (χ0v) is 11.8. The fraction of sp³-hybridized carbons (Fsp3) is 0.571. The third kappa shape index (κ3) is 3.84. The maximum atomic E-state index is 11.1. The van der Waals surface area contributed by atoms with Crippen LogP contribution in [0.4, 0.5) is 11.4 Å². The summed E-state index contributed by atoms with van der Waals surface area (Å²) in [6.45, 7) is 3.90. The van der Waals surface area contributed by atoms with Crippen molar-refractivity contribution in [3.63, 3.8) is 0 Å². The Bertz CT molecular complexity index is 459. The molecule has 2 rings (SSSR count). The van der Waals surface area contributed by atoms with Gasteiger partial charge < -0.3 is 15.0 Å². The lowest BCUT2D eigenvalue weighted by Crippen LogP contribution is -2.33. The van der Waals surface area contributed by atoms with Gasteiger partial charge in [0.1, 0.15) is 11.4 Å². The van der Waals surface area contributed by atoms with Crippen LogP contribution in [0.3, 0.4) is 0 Å². The summed E-state index contributed by atoms with van der Waals surface area (Å²) >= 11 is 0. The molecule has 0 radical (unpaired) electrons. The van der Waals surface area contributed by atoms with Gasteiger partial charge in [0.15, 0.2) is 0 Å². The summed E-state index contributed by atoms with van der Waals surface area (Å²) in [7, 11) is 1.50. The Labute approximate surface area is 118 Å². The fourth-order valence-electron chi connectivity index (χ4n) is 2.47. The molecule has 0 atom stereocenters. The van der Waals surface area contributed by atoms with Crippen LogP contribution in [0.25, 0.3) is 0 Å². The van der Waals surface area contributed by atoms with Crippen molar-refractivity contribution in [2.24, 2.45) is 0 Å². The number of anilines is 1. The molecule has 110 valence electrons. The third-order valence-electron chi connectivity index (χ3n) is 3.59. The van der Waals surface area contributed by atoms with Crippen LogP contribution in [0.5, 0.6) is 5.75 Å². The molecule has 0 saturated carbocycles. The molecular weight excluding hydrogens is 258 g/mol. The lowest BCUT2D eigenvalue weighted by molar-refractivity contribution is -0.384. The van der Waals surface area contributed by atoms with E-state index in [2.05, 4.69) is 10.2 Å². The Morgan fingerprint density at radius 3 is 2.75 bits per heavy atom. The number of piperidine rings is 1. The van der Waals surface area contributed by atoms with Crippen molar-refractivity contribution in [2.75, 3.05) is 38.6 Å². The van der Waals surface area contributed by atoms with E-state index in [1.165, 1.54) is 32.4 Å². The number of hydrogen-bond acceptors (Lipinski definition) is 5. The van der Waals surface area contributed by atoms with Crippen LogP contribution in [-0.2, 0) is 0 Å². The first-order valence-electron chi connectivity index (χ1n) is 6.99. The maximum Gasteiger partial charge on any atom is 0.296 e. The quantitative estimate of drug-likeness (QED) is 0.640. The number of rotatable bonds is 6. The van der Waals surface area contributed by atoms with Gasteiger partial charge in [0, 0.05) is 13.1 Å². The topological polar surface area (TPSA) is 67.6 Å². The Balaban J connectivity index is 1.92. The highest BCUT2D eigenvalue weighted by molar-refractivity contribution is 5.63. The Kier molecular flexibility index (Phi) is 5.17. The van der Waals surface area contributed by atoms with Crippen molar-refractivity contribution >= 4 is 11.4 Å². The number of nitro groups is 1. The van der Waals surface area contributed by atoms with Gasteiger partial charge in [-0.15, -0.1) is 0 Å². The van der Waals surface area contributed by atoms with Crippen LogP contribution in [0.15, 0.2) is 18.2 Å². The monoisotopic (exact) mass is 279 g/mol. The van der Waals surface area contributed by atoms with Gasteiger partial charge in [0.2, 0.25) is 0 Å². The summed E-state index contributed by atoms with van der Waals surface area (Å²) in [5, 5.41) is 14.2. The van der Waals surface area contributed by atoms with Crippen molar-refractivity contribution in [2.45, 2.75) is 19.3 Å². The lowest BCUT2D eigenvalue weighted by atomic mass is 10.1. The first kappa shape index (κ1) is 14.6. The van der Waals surface area contributed by atoms with E-state index in [1.54, 1.807) is 12.1 Å². The van der Waals surface area contributed by atoms with E-state index in [0.717, 1.165) is 19.6 Å². The number of nitrogens with one attached hydrogen (secondary N) is 1. The predicted molar refractivity (Wildman–Crippen MR) is 78.4 cm³/mol. The van der Waals surface area contributed by atoms with Gasteiger partial charge in [-0.1, -0.05) is 6.42 Å². The summed E-state index contributed by atoms with van der Waals surface area (Å²) in [5.41, 5.74) is 0.607. The van der Waals surface area contributed by atoms with E-state index < -0.39 is 0 Å².